The highest BCUT2D eigenvalue weighted by Crippen LogP contribution is 2.61. The van der Waals surface area contributed by atoms with Crippen molar-refractivity contribution in [2.75, 3.05) is 26.9 Å². The molecule has 1 amide bonds. The van der Waals surface area contributed by atoms with Crippen molar-refractivity contribution in [2.45, 2.75) is 51.5 Å². The second-order valence-electron chi connectivity index (χ2n) is 11.5. The summed E-state index contributed by atoms with van der Waals surface area (Å²) in [5.74, 6) is 0.918. The van der Waals surface area contributed by atoms with Crippen molar-refractivity contribution in [2.24, 2.45) is 10.4 Å². The molecular weight excluding hydrogens is 478 g/mol. The number of hydrazine groups is 1. The van der Waals surface area contributed by atoms with Crippen LogP contribution < -0.4 is 15.5 Å². The molecule has 0 bridgehead atoms. The third-order valence-electron chi connectivity index (χ3n) is 8.27. The van der Waals surface area contributed by atoms with Crippen LogP contribution in [0.4, 0.5) is 0 Å². The lowest BCUT2D eigenvalue weighted by Gasteiger charge is -2.35. The molecule has 8 nitrogen and oxygen atoms in total. The number of benzene rings is 2. The van der Waals surface area contributed by atoms with Gasteiger partial charge in [-0.1, -0.05) is 26.0 Å². The zero-order valence-electron chi connectivity index (χ0n) is 22.3. The lowest BCUT2D eigenvalue weighted by molar-refractivity contribution is 0.0776. The predicted molar refractivity (Wildman–Crippen MR) is 148 cm³/mol. The number of nitrogens with zero attached hydrogens (tertiary/aromatic N) is 3. The number of ether oxygens (including phenoxy) is 1. The Kier molecular flexibility index (Phi) is 6.02. The average Bonchev–Trinajstić information content (AvgIpc) is 3.32. The normalized spacial score (nSPS) is 18.7. The summed E-state index contributed by atoms with van der Waals surface area (Å²) in [6, 6.07) is 13.9. The summed E-state index contributed by atoms with van der Waals surface area (Å²) in [7, 11) is 1.66. The molecule has 3 aliphatic rings. The summed E-state index contributed by atoms with van der Waals surface area (Å²) in [5, 5.41) is 6.04. The van der Waals surface area contributed by atoms with Crippen LogP contribution in [0.15, 0.2) is 47.5 Å². The van der Waals surface area contributed by atoms with Gasteiger partial charge in [0.2, 0.25) is 0 Å². The number of Topliss-reactive ketones (excluding diaryl/α,β-unsaturated/α-hetero) is 1. The van der Waals surface area contributed by atoms with Crippen molar-refractivity contribution in [3.63, 3.8) is 0 Å². The molecule has 0 radical (unpaired) electrons. The van der Waals surface area contributed by atoms with E-state index in [-0.39, 0.29) is 17.1 Å². The van der Waals surface area contributed by atoms with E-state index in [0.717, 1.165) is 65.7 Å². The molecule has 0 saturated heterocycles. The molecule has 2 N–H and O–H groups in total. The lowest BCUT2D eigenvalue weighted by atomic mass is 9.68. The first-order valence-electron chi connectivity index (χ1n) is 13.4. The Hall–Kier alpha value is -3.65. The molecule has 38 heavy (non-hydrogen) atoms. The minimum Gasteiger partial charge on any atom is -0.497 e. The number of carbonyl (C=O) groups is 2. The van der Waals surface area contributed by atoms with Gasteiger partial charge >= 0.3 is 0 Å². The number of aromatic nitrogens is 1. The Morgan fingerprint density at radius 3 is 2.63 bits per heavy atom. The molecule has 3 aromatic rings. The molecule has 2 heterocycles. The molecule has 0 atom stereocenters. The number of aliphatic imine (C=N–C) groups is 1. The van der Waals surface area contributed by atoms with E-state index in [1.807, 2.05) is 47.5 Å². The van der Waals surface area contributed by atoms with E-state index in [9.17, 15) is 9.59 Å². The Morgan fingerprint density at radius 1 is 1.16 bits per heavy atom. The zero-order valence-corrected chi connectivity index (χ0v) is 22.3. The van der Waals surface area contributed by atoms with Crippen LogP contribution in [0.3, 0.4) is 0 Å². The molecule has 1 fully saturated rings. The molecule has 6 rings (SSSR count). The van der Waals surface area contributed by atoms with Crippen molar-refractivity contribution < 1.29 is 14.3 Å². The standard InChI is InChI=1S/C30H35N5O3/c1-29(2)17-30(11-12-30)25-23-15-21(28(37)32-13-4-14-34-19-31-18-33-34)7-10-24(23)35(26(25)27(29)36)16-20-5-8-22(38-3)9-6-20/h5-10,15,19,33H,4,11-14,16-18H2,1-3H3,(H,32,37). The smallest absolute Gasteiger partial charge is 0.251 e. The Labute approximate surface area is 223 Å². The van der Waals surface area contributed by atoms with Gasteiger partial charge < -0.3 is 14.6 Å². The number of carbonyl (C=O) groups excluding carboxylic acids is 2. The summed E-state index contributed by atoms with van der Waals surface area (Å²) in [6.45, 7) is 6.72. The number of rotatable bonds is 8. The van der Waals surface area contributed by atoms with Gasteiger partial charge in [0.15, 0.2) is 5.78 Å². The van der Waals surface area contributed by atoms with Crippen LogP contribution in [0.1, 0.15) is 71.5 Å². The number of nitrogens with one attached hydrogen (secondary N) is 2. The summed E-state index contributed by atoms with van der Waals surface area (Å²) in [5.41, 5.74) is 7.47. The fourth-order valence-electron chi connectivity index (χ4n) is 6.26. The third kappa shape index (κ3) is 4.26. The minimum absolute atomic E-state index is 0.0233. The summed E-state index contributed by atoms with van der Waals surface area (Å²) >= 11 is 0. The van der Waals surface area contributed by atoms with Crippen molar-refractivity contribution in [1.82, 2.24) is 20.3 Å². The molecule has 1 aromatic heterocycles. The van der Waals surface area contributed by atoms with Gasteiger partial charge in [0.1, 0.15) is 18.8 Å². The van der Waals surface area contributed by atoms with E-state index in [4.69, 9.17) is 4.74 Å². The number of fused-ring (bicyclic) bond motifs is 4. The quantitative estimate of drug-likeness (QED) is 0.440. The van der Waals surface area contributed by atoms with Gasteiger partial charge in [-0.05, 0) is 72.6 Å². The summed E-state index contributed by atoms with van der Waals surface area (Å²) in [4.78, 5) is 31.1. The van der Waals surface area contributed by atoms with E-state index in [1.54, 1.807) is 13.4 Å². The molecular formula is C30H35N5O3. The van der Waals surface area contributed by atoms with E-state index in [2.05, 4.69) is 34.1 Å². The second-order valence-corrected chi connectivity index (χ2v) is 11.5. The van der Waals surface area contributed by atoms with Crippen LogP contribution in [-0.2, 0) is 12.0 Å². The Morgan fingerprint density at radius 2 is 1.95 bits per heavy atom. The van der Waals surface area contributed by atoms with Gasteiger partial charge in [0.25, 0.3) is 5.91 Å². The van der Waals surface area contributed by atoms with Crippen LogP contribution in [-0.4, -0.2) is 54.5 Å². The molecule has 8 heteroatoms. The Balaban J connectivity index is 1.35. The Bertz CT molecular complexity index is 1430. The van der Waals surface area contributed by atoms with Gasteiger partial charge in [-0.3, -0.25) is 19.6 Å². The molecule has 2 aliphatic carbocycles. The topological polar surface area (TPSA) is 88.0 Å². The van der Waals surface area contributed by atoms with Gasteiger partial charge in [-0.2, -0.15) is 0 Å². The average molecular weight is 514 g/mol. The molecule has 1 spiro atoms. The van der Waals surface area contributed by atoms with Crippen LogP contribution >= 0.6 is 0 Å². The zero-order chi connectivity index (χ0) is 26.5. The van der Waals surface area contributed by atoms with Crippen molar-refractivity contribution in [1.29, 1.82) is 0 Å². The van der Waals surface area contributed by atoms with E-state index >= 15 is 0 Å². The second kappa shape index (κ2) is 9.27. The first-order chi connectivity index (χ1) is 18.3. The number of amides is 1. The molecule has 1 saturated carbocycles. The first kappa shape index (κ1) is 24.7. The molecule has 1 aliphatic heterocycles. The van der Waals surface area contributed by atoms with E-state index in [1.165, 1.54) is 0 Å². The monoisotopic (exact) mass is 513 g/mol. The number of ketones is 1. The van der Waals surface area contributed by atoms with Crippen molar-refractivity contribution >= 4 is 28.9 Å². The van der Waals surface area contributed by atoms with Crippen LogP contribution in [0, 0.1) is 5.41 Å². The molecule has 198 valence electrons. The fourth-order valence-corrected chi connectivity index (χ4v) is 6.26. The van der Waals surface area contributed by atoms with E-state index < -0.39 is 5.41 Å². The SMILES string of the molecule is COc1ccc(Cn2c3c(c4cc(C(=O)NCCCN5C=NCN5)ccc42)C2(CC2)CC(C)(C)C3=O)cc1. The van der Waals surface area contributed by atoms with Crippen molar-refractivity contribution in [3.05, 3.63) is 64.8 Å². The van der Waals surface area contributed by atoms with E-state index in [0.29, 0.717) is 25.3 Å². The van der Waals surface area contributed by atoms with Crippen LogP contribution in [0.5, 0.6) is 5.75 Å². The highest BCUT2D eigenvalue weighted by molar-refractivity contribution is 6.09. The third-order valence-corrected chi connectivity index (χ3v) is 8.27. The number of hydrogen-bond donors (Lipinski definition) is 2. The molecule has 2 aromatic carbocycles. The number of methoxy groups -OCH3 is 1. The van der Waals surface area contributed by atoms with Gasteiger partial charge in [-0.25, -0.2) is 5.43 Å². The fraction of sp³-hybridized carbons (Fsp3) is 0.433. The van der Waals surface area contributed by atoms with Gasteiger partial charge in [0, 0.05) is 41.5 Å². The highest BCUT2D eigenvalue weighted by Gasteiger charge is 2.57. The van der Waals surface area contributed by atoms with Crippen molar-refractivity contribution in [3.8, 4) is 5.75 Å². The molecule has 0 unspecified atom stereocenters. The summed E-state index contributed by atoms with van der Waals surface area (Å²) in [6.07, 6.45) is 5.63. The summed E-state index contributed by atoms with van der Waals surface area (Å²) < 4.78 is 7.51. The minimum atomic E-state index is -0.412. The highest BCUT2D eigenvalue weighted by atomic mass is 16.5. The number of hydrogen-bond acceptors (Lipinski definition) is 6. The lowest BCUT2D eigenvalue weighted by Crippen LogP contribution is -2.37. The maximum Gasteiger partial charge on any atom is 0.251 e. The van der Waals surface area contributed by atoms with Crippen LogP contribution in [0.25, 0.3) is 10.9 Å². The van der Waals surface area contributed by atoms with Crippen LogP contribution in [0.2, 0.25) is 0 Å². The van der Waals surface area contributed by atoms with Gasteiger partial charge in [0.05, 0.1) is 12.8 Å². The maximum absolute atomic E-state index is 13.9. The first-order valence-corrected chi connectivity index (χ1v) is 13.4. The maximum atomic E-state index is 13.9. The predicted octanol–water partition coefficient (Wildman–Crippen LogP) is 4.27. The van der Waals surface area contributed by atoms with Gasteiger partial charge in [-0.15, -0.1) is 0 Å². The largest absolute Gasteiger partial charge is 0.497 e.